The first-order valence-electron chi connectivity index (χ1n) is 36.2. The minimum Gasteiger partial charge on any atom is -0.394 e. The summed E-state index contributed by atoms with van der Waals surface area (Å²) in [6.45, 7) is 3.52. The molecule has 0 aromatic rings. The minimum absolute atomic E-state index is 0.263. The van der Waals surface area contributed by atoms with Crippen molar-refractivity contribution in [3.63, 3.8) is 0 Å². The van der Waals surface area contributed by atoms with Crippen molar-refractivity contribution in [2.24, 2.45) is 0 Å². The second kappa shape index (κ2) is 60.9. The highest BCUT2D eigenvalue weighted by Gasteiger charge is 2.44. The summed E-state index contributed by atoms with van der Waals surface area (Å²) in [5, 5.41) is 76.6. The standard InChI is InChI=1S/C72H139NO10/c1-3-5-7-9-11-13-15-17-19-21-23-25-27-28-29-30-31-32-33-34-35-36-37-38-40-42-44-46-48-50-52-54-56-58-60-65(76)71(81)73-63(62-82-72-70(80)69(79)68(78)66(61-74)83-72)67(77)64(75)59-57-55-53-51-49-47-45-43-41-39-26-24-22-20-18-16-14-12-10-8-6-4-2/h27-28,30-31,63-70,72,74-80H,3-26,29,32-62H2,1-2H3,(H,73,81)/b28-27-,31-30-. The topological polar surface area (TPSA) is 189 Å². The lowest BCUT2D eigenvalue weighted by molar-refractivity contribution is -0.303. The number of hydrogen-bond donors (Lipinski definition) is 8. The van der Waals surface area contributed by atoms with Gasteiger partial charge in [-0.2, -0.15) is 0 Å². The summed E-state index contributed by atoms with van der Waals surface area (Å²) in [6.07, 6.45) is 65.5. The predicted octanol–water partition coefficient (Wildman–Crippen LogP) is 17.6. The monoisotopic (exact) mass is 1180 g/mol. The van der Waals surface area contributed by atoms with Crippen molar-refractivity contribution < 1.29 is 50.0 Å². The Hall–Kier alpha value is -1.41. The largest absolute Gasteiger partial charge is 0.394 e. The number of carbonyl (C=O) groups is 1. The highest BCUT2D eigenvalue weighted by Crippen LogP contribution is 2.24. The van der Waals surface area contributed by atoms with Crippen LogP contribution >= 0.6 is 0 Å². The van der Waals surface area contributed by atoms with Gasteiger partial charge in [0.25, 0.3) is 0 Å². The number of nitrogens with one attached hydrogen (secondary N) is 1. The summed E-state index contributed by atoms with van der Waals surface area (Å²) in [7, 11) is 0. The number of amides is 1. The highest BCUT2D eigenvalue weighted by molar-refractivity contribution is 5.80. The molecule has 0 saturated carbocycles. The molecule has 11 nitrogen and oxygen atoms in total. The van der Waals surface area contributed by atoms with Crippen molar-refractivity contribution >= 4 is 5.91 Å². The Balaban J connectivity index is 2.16. The van der Waals surface area contributed by atoms with Crippen molar-refractivity contribution in [2.75, 3.05) is 13.2 Å². The Bertz CT molecular complexity index is 1400. The van der Waals surface area contributed by atoms with Gasteiger partial charge in [0.1, 0.15) is 36.6 Å². The third-order valence-corrected chi connectivity index (χ3v) is 17.8. The molecule has 11 heteroatoms. The molecule has 9 atom stereocenters. The van der Waals surface area contributed by atoms with Crippen LogP contribution in [-0.4, -0.2) is 110 Å². The van der Waals surface area contributed by atoms with E-state index >= 15 is 0 Å². The van der Waals surface area contributed by atoms with Gasteiger partial charge >= 0.3 is 0 Å². The molecule has 1 heterocycles. The summed E-state index contributed by atoms with van der Waals surface area (Å²) < 4.78 is 11.2. The zero-order chi connectivity index (χ0) is 60.3. The maximum Gasteiger partial charge on any atom is 0.249 e. The Morgan fingerprint density at radius 1 is 0.422 bits per heavy atom. The molecule has 1 rings (SSSR count). The molecule has 1 aliphatic heterocycles. The van der Waals surface area contributed by atoms with Crippen molar-refractivity contribution in [3.8, 4) is 0 Å². The summed E-state index contributed by atoms with van der Waals surface area (Å²) in [4.78, 5) is 13.3. The van der Waals surface area contributed by atoms with Crippen molar-refractivity contribution in [1.82, 2.24) is 5.32 Å². The molecule has 0 bridgehead atoms. The second-order valence-electron chi connectivity index (χ2n) is 25.7. The van der Waals surface area contributed by atoms with E-state index < -0.39 is 74.2 Å². The first-order chi connectivity index (χ1) is 40.7. The average molecular weight is 1180 g/mol. The Kier molecular flexibility index (Phi) is 58.4. The maximum absolute atomic E-state index is 13.3. The van der Waals surface area contributed by atoms with Crippen LogP contribution < -0.4 is 5.32 Å². The molecule has 0 radical (unpaired) electrons. The predicted molar refractivity (Wildman–Crippen MR) is 349 cm³/mol. The van der Waals surface area contributed by atoms with Gasteiger partial charge < -0.3 is 50.5 Å². The van der Waals surface area contributed by atoms with Gasteiger partial charge in [-0.25, -0.2) is 0 Å². The third-order valence-electron chi connectivity index (χ3n) is 17.8. The average Bonchev–Trinajstić information content (AvgIpc) is 3.68. The zero-order valence-electron chi connectivity index (χ0n) is 54.5. The number of rotatable bonds is 64. The number of unbranched alkanes of at least 4 members (excludes halogenated alkanes) is 48. The summed E-state index contributed by atoms with van der Waals surface area (Å²) >= 11 is 0. The molecule has 0 aromatic carbocycles. The van der Waals surface area contributed by atoms with Gasteiger partial charge in [0.05, 0.1) is 25.4 Å². The summed E-state index contributed by atoms with van der Waals surface area (Å²) in [5.41, 5.74) is 0. The molecule has 83 heavy (non-hydrogen) atoms. The number of ether oxygens (including phenoxy) is 2. The van der Waals surface area contributed by atoms with Gasteiger partial charge in [-0.05, 0) is 44.9 Å². The third kappa shape index (κ3) is 48.2. The first-order valence-corrected chi connectivity index (χ1v) is 36.2. The van der Waals surface area contributed by atoms with Gasteiger partial charge in [0.2, 0.25) is 5.91 Å². The summed E-state index contributed by atoms with van der Waals surface area (Å²) in [5.74, 6) is -0.690. The number of hydrogen-bond acceptors (Lipinski definition) is 10. The normalized spacial score (nSPS) is 19.1. The molecular weight excluding hydrogens is 1040 g/mol. The lowest BCUT2D eigenvalue weighted by Crippen LogP contribution is -2.60. The van der Waals surface area contributed by atoms with E-state index in [2.05, 4.69) is 43.5 Å². The van der Waals surface area contributed by atoms with E-state index in [1.165, 1.54) is 276 Å². The number of carbonyl (C=O) groups excluding carboxylic acids is 1. The molecule has 1 aliphatic rings. The van der Waals surface area contributed by atoms with Crippen LogP contribution in [0.25, 0.3) is 0 Å². The van der Waals surface area contributed by atoms with E-state index in [1.54, 1.807) is 0 Å². The Morgan fingerprint density at radius 3 is 1.07 bits per heavy atom. The van der Waals surface area contributed by atoms with Gasteiger partial charge in [-0.15, -0.1) is 0 Å². The van der Waals surface area contributed by atoms with Gasteiger partial charge in [-0.3, -0.25) is 4.79 Å². The molecule has 0 spiro atoms. The van der Waals surface area contributed by atoms with Crippen LogP contribution in [0.1, 0.15) is 361 Å². The molecule has 9 unspecified atom stereocenters. The molecule has 8 N–H and O–H groups in total. The number of aliphatic hydroxyl groups is 7. The van der Waals surface area contributed by atoms with Crippen LogP contribution in [0.5, 0.6) is 0 Å². The molecule has 492 valence electrons. The van der Waals surface area contributed by atoms with Gasteiger partial charge in [-0.1, -0.05) is 340 Å². The molecule has 0 aromatic heterocycles. The van der Waals surface area contributed by atoms with Crippen LogP contribution in [0.2, 0.25) is 0 Å². The van der Waals surface area contributed by atoms with Crippen molar-refractivity contribution in [1.29, 1.82) is 0 Å². The second-order valence-corrected chi connectivity index (χ2v) is 25.7. The lowest BCUT2D eigenvalue weighted by Gasteiger charge is -2.40. The van der Waals surface area contributed by atoms with Crippen LogP contribution in [-0.2, 0) is 14.3 Å². The number of allylic oxidation sites excluding steroid dienone is 4. The van der Waals surface area contributed by atoms with Crippen LogP contribution in [0.15, 0.2) is 24.3 Å². The van der Waals surface area contributed by atoms with Gasteiger partial charge in [0.15, 0.2) is 6.29 Å². The molecule has 1 fully saturated rings. The molecular formula is C72H139NO10. The lowest BCUT2D eigenvalue weighted by atomic mass is 9.98. The van der Waals surface area contributed by atoms with E-state index in [0.29, 0.717) is 19.3 Å². The van der Waals surface area contributed by atoms with Crippen molar-refractivity contribution in [2.45, 2.75) is 416 Å². The fourth-order valence-electron chi connectivity index (χ4n) is 11.9. The van der Waals surface area contributed by atoms with E-state index in [4.69, 9.17) is 9.47 Å². The quantitative estimate of drug-likeness (QED) is 0.0215. The highest BCUT2D eigenvalue weighted by atomic mass is 16.7. The zero-order valence-corrected chi connectivity index (χ0v) is 54.5. The van der Waals surface area contributed by atoms with Crippen LogP contribution in [0.4, 0.5) is 0 Å². The Labute approximate surface area is 512 Å². The molecule has 1 amide bonds. The fraction of sp³-hybridized carbons (Fsp3) is 0.931. The Morgan fingerprint density at radius 2 is 0.735 bits per heavy atom. The number of aliphatic hydroxyl groups excluding tert-OH is 7. The maximum atomic E-state index is 13.3. The molecule has 1 saturated heterocycles. The smallest absolute Gasteiger partial charge is 0.249 e. The summed E-state index contributed by atoms with van der Waals surface area (Å²) in [6, 6.07) is -1.17. The van der Waals surface area contributed by atoms with Gasteiger partial charge in [0, 0.05) is 0 Å². The van der Waals surface area contributed by atoms with E-state index in [-0.39, 0.29) is 6.42 Å². The van der Waals surface area contributed by atoms with E-state index in [1.807, 2.05) is 0 Å². The molecule has 0 aliphatic carbocycles. The fourth-order valence-corrected chi connectivity index (χ4v) is 11.9. The van der Waals surface area contributed by atoms with E-state index in [9.17, 15) is 40.5 Å². The minimum atomic E-state index is -1.66. The van der Waals surface area contributed by atoms with Crippen LogP contribution in [0.3, 0.4) is 0 Å². The van der Waals surface area contributed by atoms with E-state index in [0.717, 1.165) is 44.9 Å². The SMILES string of the molecule is CCCCCCCCCCCCC/C=C\C/C=C\CCCCCCCCCCCCCCCCCCC(O)C(=O)NC(COC1OC(CO)C(O)C(O)C1O)C(O)C(O)CCCCCCCCCCCCCCCCCCCCCCCC. The van der Waals surface area contributed by atoms with Crippen LogP contribution in [0, 0.1) is 0 Å². The van der Waals surface area contributed by atoms with Crippen molar-refractivity contribution in [3.05, 3.63) is 24.3 Å². The first kappa shape index (κ1) is 79.6.